The van der Waals surface area contributed by atoms with E-state index in [2.05, 4.69) is 11.0 Å². The van der Waals surface area contributed by atoms with Gasteiger partial charge >= 0.3 is 0 Å². The fourth-order valence-corrected chi connectivity index (χ4v) is 3.47. The molecule has 0 aromatic heterocycles. The third-order valence-corrected chi connectivity index (χ3v) is 4.76. The first-order valence-electron chi connectivity index (χ1n) is 7.80. The van der Waals surface area contributed by atoms with Crippen LogP contribution in [-0.2, 0) is 6.54 Å². The fraction of sp³-hybridized carbons (Fsp3) is 0.294. The van der Waals surface area contributed by atoms with Crippen molar-refractivity contribution in [3.63, 3.8) is 0 Å². The summed E-state index contributed by atoms with van der Waals surface area (Å²) in [6.45, 7) is 4.31. The number of anilines is 1. The first-order chi connectivity index (χ1) is 11.5. The van der Waals surface area contributed by atoms with Crippen molar-refractivity contribution < 1.29 is 9.82 Å². The Hall–Kier alpha value is -1.82. The van der Waals surface area contributed by atoms with Gasteiger partial charge in [-0.3, -0.25) is 10.1 Å². The summed E-state index contributed by atoms with van der Waals surface area (Å²) in [5, 5.41) is 12.4. The van der Waals surface area contributed by atoms with Gasteiger partial charge in [-0.1, -0.05) is 35.3 Å². The molecule has 1 fully saturated rings. The molecule has 0 saturated carbocycles. The summed E-state index contributed by atoms with van der Waals surface area (Å²) in [5.74, 6) is 0. The van der Waals surface area contributed by atoms with Crippen LogP contribution in [0.15, 0.2) is 42.5 Å². The molecule has 0 spiro atoms. The fourth-order valence-electron chi connectivity index (χ4n) is 3.09. The van der Waals surface area contributed by atoms with Crippen LogP contribution in [0.1, 0.15) is 5.56 Å². The van der Waals surface area contributed by atoms with E-state index in [-0.39, 0.29) is 10.6 Å². The molecule has 0 atom stereocenters. The number of nitro groups is 1. The van der Waals surface area contributed by atoms with Crippen molar-refractivity contribution >= 4 is 34.6 Å². The van der Waals surface area contributed by atoms with E-state index in [1.54, 1.807) is 12.1 Å². The van der Waals surface area contributed by atoms with Crippen LogP contribution in [-0.4, -0.2) is 31.1 Å². The lowest BCUT2D eigenvalue weighted by Gasteiger charge is -2.33. The molecule has 1 aliphatic rings. The number of nitrogens with one attached hydrogen (secondary N) is 1. The van der Waals surface area contributed by atoms with E-state index >= 15 is 0 Å². The summed E-state index contributed by atoms with van der Waals surface area (Å²) >= 11 is 11.9. The van der Waals surface area contributed by atoms with Gasteiger partial charge in [-0.2, -0.15) is 0 Å². The number of nitro benzene ring substituents is 1. The average Bonchev–Trinajstić information content (AvgIpc) is 2.56. The van der Waals surface area contributed by atoms with Gasteiger partial charge in [0.15, 0.2) is 0 Å². The first kappa shape index (κ1) is 17.0. The van der Waals surface area contributed by atoms with Crippen molar-refractivity contribution in [3.05, 3.63) is 68.2 Å². The highest BCUT2D eigenvalue weighted by atomic mass is 35.5. The van der Waals surface area contributed by atoms with Crippen molar-refractivity contribution in [3.8, 4) is 0 Å². The highest BCUT2D eigenvalue weighted by molar-refractivity contribution is 6.31. The largest absolute Gasteiger partial charge is 0.355 e. The van der Waals surface area contributed by atoms with Gasteiger partial charge < -0.3 is 9.80 Å². The maximum Gasteiger partial charge on any atom is 0.294 e. The number of piperazine rings is 1. The molecule has 2 aromatic carbocycles. The Labute approximate surface area is 150 Å². The number of halogens is 2. The second kappa shape index (κ2) is 7.38. The molecule has 7 heteroatoms. The zero-order valence-electron chi connectivity index (χ0n) is 13.0. The molecule has 24 heavy (non-hydrogen) atoms. The lowest BCUT2D eigenvalue weighted by atomic mass is 10.2. The SMILES string of the molecule is O=[N+]([O-])c1cc(Cl)ccc1N1CC[NH+](Cc2cccc(Cl)c2)CC1. The molecule has 0 radical (unpaired) electrons. The Morgan fingerprint density at radius 3 is 2.46 bits per heavy atom. The minimum absolute atomic E-state index is 0.0702. The van der Waals surface area contributed by atoms with Gasteiger partial charge in [0, 0.05) is 21.7 Å². The van der Waals surface area contributed by atoms with Crippen LogP contribution in [0.25, 0.3) is 0 Å². The van der Waals surface area contributed by atoms with E-state index in [1.165, 1.54) is 16.5 Å². The second-order valence-electron chi connectivity index (χ2n) is 5.93. The number of hydrogen-bond donors (Lipinski definition) is 1. The van der Waals surface area contributed by atoms with E-state index in [0.29, 0.717) is 10.7 Å². The van der Waals surface area contributed by atoms with E-state index in [0.717, 1.165) is 37.7 Å². The number of rotatable bonds is 4. The molecule has 3 rings (SSSR count). The van der Waals surface area contributed by atoms with Gasteiger partial charge in [-0.25, -0.2) is 0 Å². The summed E-state index contributed by atoms with van der Waals surface area (Å²) in [6.07, 6.45) is 0. The summed E-state index contributed by atoms with van der Waals surface area (Å²) < 4.78 is 0. The van der Waals surface area contributed by atoms with Crippen LogP contribution < -0.4 is 9.80 Å². The maximum atomic E-state index is 11.3. The number of quaternary nitrogens is 1. The van der Waals surface area contributed by atoms with E-state index < -0.39 is 0 Å². The molecule has 1 aliphatic heterocycles. The highest BCUT2D eigenvalue weighted by Gasteiger charge is 2.25. The van der Waals surface area contributed by atoms with E-state index in [1.807, 2.05) is 18.2 Å². The highest BCUT2D eigenvalue weighted by Crippen LogP contribution is 2.30. The van der Waals surface area contributed by atoms with Crippen molar-refractivity contribution in [1.82, 2.24) is 0 Å². The lowest BCUT2D eigenvalue weighted by molar-refractivity contribution is -0.914. The second-order valence-corrected chi connectivity index (χ2v) is 6.81. The molecule has 0 aliphatic carbocycles. The van der Waals surface area contributed by atoms with Crippen molar-refractivity contribution in [2.24, 2.45) is 0 Å². The van der Waals surface area contributed by atoms with Gasteiger partial charge in [0.05, 0.1) is 31.1 Å². The molecular formula is C17H18Cl2N3O2+. The van der Waals surface area contributed by atoms with Crippen LogP contribution in [0.5, 0.6) is 0 Å². The van der Waals surface area contributed by atoms with Gasteiger partial charge in [0.25, 0.3) is 5.69 Å². The Kier molecular flexibility index (Phi) is 5.23. The predicted octanol–water partition coefficient (Wildman–Crippen LogP) is 2.81. The summed E-state index contributed by atoms with van der Waals surface area (Å²) in [6, 6.07) is 12.8. The molecule has 5 nitrogen and oxygen atoms in total. The van der Waals surface area contributed by atoms with Crippen LogP contribution in [0.3, 0.4) is 0 Å². The molecular weight excluding hydrogens is 349 g/mol. The van der Waals surface area contributed by atoms with Crippen LogP contribution in [0.4, 0.5) is 11.4 Å². The minimum atomic E-state index is -0.369. The number of nitrogens with zero attached hydrogens (tertiary/aromatic N) is 2. The zero-order chi connectivity index (χ0) is 17.1. The average molecular weight is 367 g/mol. The lowest BCUT2D eigenvalue weighted by Crippen LogP contribution is -3.13. The molecule has 0 bridgehead atoms. The van der Waals surface area contributed by atoms with Crippen molar-refractivity contribution in [2.75, 3.05) is 31.1 Å². The Bertz CT molecular complexity index is 746. The molecule has 0 unspecified atom stereocenters. The number of benzene rings is 2. The smallest absolute Gasteiger partial charge is 0.294 e. The van der Waals surface area contributed by atoms with Crippen molar-refractivity contribution in [2.45, 2.75) is 6.54 Å². The third-order valence-electron chi connectivity index (χ3n) is 4.29. The monoisotopic (exact) mass is 366 g/mol. The summed E-state index contributed by atoms with van der Waals surface area (Å²) in [7, 11) is 0. The topological polar surface area (TPSA) is 50.8 Å². The summed E-state index contributed by atoms with van der Waals surface area (Å²) in [4.78, 5) is 14.4. The maximum absolute atomic E-state index is 11.3. The molecule has 1 N–H and O–H groups in total. The summed E-state index contributed by atoms with van der Waals surface area (Å²) in [5.41, 5.74) is 1.93. The molecule has 2 aromatic rings. The standard InChI is InChI=1S/C17H17Cl2N3O2/c18-14-3-1-2-13(10-14)12-20-6-8-21(9-7-20)16-5-4-15(19)11-17(16)22(23)24/h1-5,10-11H,6-9,12H2/p+1. The van der Waals surface area contributed by atoms with Crippen LogP contribution >= 0.6 is 23.2 Å². The van der Waals surface area contributed by atoms with Gasteiger partial charge in [-0.05, 0) is 24.3 Å². The molecule has 0 amide bonds. The number of hydrogen-bond acceptors (Lipinski definition) is 3. The van der Waals surface area contributed by atoms with Crippen LogP contribution in [0.2, 0.25) is 10.0 Å². The van der Waals surface area contributed by atoms with Crippen molar-refractivity contribution in [1.29, 1.82) is 0 Å². The van der Waals surface area contributed by atoms with Crippen LogP contribution in [0, 0.1) is 10.1 Å². The molecule has 1 saturated heterocycles. The molecule has 126 valence electrons. The van der Waals surface area contributed by atoms with Gasteiger partial charge in [-0.15, -0.1) is 0 Å². The molecule has 1 heterocycles. The van der Waals surface area contributed by atoms with Gasteiger partial charge in [0.2, 0.25) is 0 Å². The quantitative estimate of drug-likeness (QED) is 0.668. The first-order valence-corrected chi connectivity index (χ1v) is 8.55. The Morgan fingerprint density at radius 2 is 1.79 bits per heavy atom. The predicted molar refractivity (Wildman–Crippen MR) is 96.2 cm³/mol. The van der Waals surface area contributed by atoms with E-state index in [9.17, 15) is 10.1 Å². The zero-order valence-corrected chi connectivity index (χ0v) is 14.6. The van der Waals surface area contributed by atoms with E-state index in [4.69, 9.17) is 23.2 Å². The minimum Gasteiger partial charge on any atom is -0.355 e. The normalized spacial score (nSPS) is 15.5. The Balaban J connectivity index is 1.66. The van der Waals surface area contributed by atoms with Gasteiger partial charge in [0.1, 0.15) is 12.2 Å². The Morgan fingerprint density at radius 1 is 1.08 bits per heavy atom. The third kappa shape index (κ3) is 3.98.